The number of phenols is 3. The number of carbonyl (C=O) groups is 2. The summed E-state index contributed by atoms with van der Waals surface area (Å²) in [6.07, 6.45) is -2.33. The maximum atomic E-state index is 10.3. The van der Waals surface area contributed by atoms with Crippen LogP contribution in [-0.2, 0) is 0 Å². The average molecular weight is 276 g/mol. The fraction of sp³-hybridized carbons (Fsp3) is 0. The largest absolute Gasteiger partial charge is 1.00 e. The van der Waals surface area contributed by atoms with Crippen LogP contribution >= 0.6 is 0 Å². The van der Waals surface area contributed by atoms with Gasteiger partial charge in [-0.3, -0.25) is 0 Å². The third-order valence-electron chi connectivity index (χ3n) is 1.32. The van der Waals surface area contributed by atoms with Crippen molar-refractivity contribution in [2.45, 2.75) is 0 Å². The molecule has 0 aliphatic heterocycles. The molecular formula is C8H6Na2O8. The standard InChI is InChI=1S/C7H6O5.CH2O3.2Na/c8-4-1-3(7(11)12)2-5(9)6(4)10;2-1(3)4;;/h1-2,8-10H,(H,11,12);(H2,2,3,4);;/q;;2*+1/p-2. The van der Waals surface area contributed by atoms with Crippen molar-refractivity contribution >= 4 is 12.1 Å². The molecule has 0 radical (unpaired) electrons. The van der Waals surface area contributed by atoms with Crippen molar-refractivity contribution in [3.63, 3.8) is 0 Å². The zero-order chi connectivity index (χ0) is 12.9. The number of hydrogen-bond acceptors (Lipinski definition) is 7. The minimum Gasteiger partial charge on any atom is -0.652 e. The molecule has 0 saturated carbocycles. The summed E-state index contributed by atoms with van der Waals surface area (Å²) < 4.78 is 0. The maximum Gasteiger partial charge on any atom is 1.00 e. The van der Waals surface area contributed by atoms with Crippen molar-refractivity contribution in [1.29, 1.82) is 0 Å². The van der Waals surface area contributed by atoms with Crippen LogP contribution < -0.4 is 69.3 Å². The van der Waals surface area contributed by atoms with Crippen LogP contribution in [0, 0.1) is 0 Å². The number of phenolic OH excluding ortho intramolecular Hbond substituents is 3. The molecule has 0 amide bonds. The Morgan fingerprint density at radius 2 is 1.22 bits per heavy atom. The smallest absolute Gasteiger partial charge is 0.652 e. The van der Waals surface area contributed by atoms with Crippen LogP contribution in [-0.4, -0.2) is 32.6 Å². The first kappa shape index (κ1) is 22.5. The van der Waals surface area contributed by atoms with Crippen molar-refractivity contribution in [3.8, 4) is 17.2 Å². The Hall–Kier alpha value is -0.640. The number of carbonyl (C=O) groups excluding carboxylic acids is 1. The summed E-state index contributed by atoms with van der Waals surface area (Å²) >= 11 is 0. The molecule has 0 heterocycles. The molecule has 0 aliphatic rings. The van der Waals surface area contributed by atoms with Gasteiger partial charge in [0.25, 0.3) is 0 Å². The van der Waals surface area contributed by atoms with Crippen LogP contribution in [0.5, 0.6) is 17.2 Å². The SMILES string of the molecule is O=C(O)c1cc(O)c(O)c(O)c1.O=C([O-])[O-].[Na+].[Na+]. The molecule has 8 nitrogen and oxygen atoms in total. The molecule has 18 heavy (non-hydrogen) atoms. The van der Waals surface area contributed by atoms with Crippen LogP contribution in [0.15, 0.2) is 12.1 Å². The van der Waals surface area contributed by atoms with E-state index in [0.29, 0.717) is 0 Å². The molecule has 0 saturated heterocycles. The zero-order valence-corrected chi connectivity index (χ0v) is 13.6. The first-order valence-electron chi connectivity index (χ1n) is 3.62. The molecule has 1 aromatic carbocycles. The second-order valence-electron chi connectivity index (χ2n) is 2.42. The monoisotopic (exact) mass is 276 g/mol. The van der Waals surface area contributed by atoms with Crippen LogP contribution in [0.1, 0.15) is 10.4 Å². The first-order valence-corrected chi connectivity index (χ1v) is 3.62. The Kier molecular flexibility index (Phi) is 12.9. The number of benzene rings is 1. The van der Waals surface area contributed by atoms with E-state index >= 15 is 0 Å². The molecule has 0 atom stereocenters. The third kappa shape index (κ3) is 8.45. The molecule has 0 bridgehead atoms. The van der Waals surface area contributed by atoms with Gasteiger partial charge in [0, 0.05) is 0 Å². The fourth-order valence-corrected chi connectivity index (χ4v) is 0.728. The van der Waals surface area contributed by atoms with Gasteiger partial charge < -0.3 is 35.4 Å². The maximum absolute atomic E-state index is 10.3. The molecule has 4 N–H and O–H groups in total. The third-order valence-corrected chi connectivity index (χ3v) is 1.32. The molecule has 10 heteroatoms. The summed E-state index contributed by atoms with van der Waals surface area (Å²) in [7, 11) is 0. The van der Waals surface area contributed by atoms with E-state index in [2.05, 4.69) is 0 Å². The van der Waals surface area contributed by atoms with Crippen LogP contribution in [0.3, 0.4) is 0 Å². The van der Waals surface area contributed by atoms with Crippen molar-refractivity contribution in [2.75, 3.05) is 0 Å². The minimum absolute atomic E-state index is 0. The molecule has 0 spiro atoms. The van der Waals surface area contributed by atoms with E-state index in [0.717, 1.165) is 12.1 Å². The van der Waals surface area contributed by atoms with Gasteiger partial charge in [-0.2, -0.15) is 0 Å². The summed E-state index contributed by atoms with van der Waals surface area (Å²) in [6.45, 7) is 0. The normalized spacial score (nSPS) is 7.78. The van der Waals surface area contributed by atoms with Crippen molar-refractivity contribution in [1.82, 2.24) is 0 Å². The van der Waals surface area contributed by atoms with Crippen molar-refractivity contribution in [2.24, 2.45) is 0 Å². The number of hydrogen-bond donors (Lipinski definition) is 4. The first-order chi connectivity index (χ1) is 7.25. The predicted octanol–water partition coefficient (Wildman–Crippen LogP) is -7.94. The molecule has 0 aliphatic carbocycles. The zero-order valence-electron chi connectivity index (χ0n) is 9.58. The minimum atomic E-state index is -2.33. The van der Waals surface area contributed by atoms with Gasteiger partial charge >= 0.3 is 65.1 Å². The molecule has 1 rings (SSSR count). The predicted molar refractivity (Wildman–Crippen MR) is 43.8 cm³/mol. The van der Waals surface area contributed by atoms with Gasteiger partial charge in [0.05, 0.1) is 5.56 Å². The second-order valence-corrected chi connectivity index (χ2v) is 2.42. The average Bonchev–Trinajstić information content (AvgIpc) is 2.12. The summed E-state index contributed by atoms with van der Waals surface area (Å²) in [5, 5.41) is 51.6. The van der Waals surface area contributed by atoms with Gasteiger partial charge in [0.2, 0.25) is 0 Å². The van der Waals surface area contributed by atoms with Crippen LogP contribution in [0.4, 0.5) is 4.79 Å². The summed E-state index contributed by atoms with van der Waals surface area (Å²) in [5.74, 6) is -3.33. The Balaban J connectivity index is -0.000000332. The topological polar surface area (TPSA) is 161 Å². The van der Waals surface area contributed by atoms with E-state index in [1.54, 1.807) is 0 Å². The number of carboxylic acids is 1. The molecule has 0 unspecified atom stereocenters. The van der Waals surface area contributed by atoms with Gasteiger partial charge in [0.1, 0.15) is 0 Å². The molecule has 88 valence electrons. The van der Waals surface area contributed by atoms with Crippen LogP contribution in [0.2, 0.25) is 0 Å². The van der Waals surface area contributed by atoms with E-state index in [-0.39, 0.29) is 64.7 Å². The Morgan fingerprint density at radius 3 is 1.44 bits per heavy atom. The fourth-order valence-electron chi connectivity index (χ4n) is 0.728. The van der Waals surface area contributed by atoms with Crippen molar-refractivity contribution < 1.29 is 99.3 Å². The number of carboxylic acid groups (broad SMARTS) is 3. The quantitative estimate of drug-likeness (QED) is 0.290. The number of aromatic hydroxyl groups is 3. The Morgan fingerprint density at radius 1 is 0.944 bits per heavy atom. The van der Waals surface area contributed by atoms with Gasteiger partial charge in [-0.05, 0) is 18.3 Å². The second kappa shape index (κ2) is 10.3. The summed E-state index contributed by atoms with van der Waals surface area (Å²) in [4.78, 5) is 18.6. The Labute approximate surface area is 145 Å². The van der Waals surface area contributed by atoms with Crippen LogP contribution in [0.25, 0.3) is 0 Å². The van der Waals surface area contributed by atoms with E-state index in [4.69, 9.17) is 35.4 Å². The Bertz CT molecular complexity index is 393. The summed E-state index contributed by atoms with van der Waals surface area (Å²) in [5.41, 5.74) is -0.289. The molecule has 0 aromatic heterocycles. The van der Waals surface area contributed by atoms with E-state index in [9.17, 15) is 4.79 Å². The molecule has 0 fully saturated rings. The summed E-state index contributed by atoms with van der Waals surface area (Å²) in [6, 6.07) is 1.69. The van der Waals surface area contributed by atoms with Gasteiger partial charge in [-0.1, -0.05) is 0 Å². The number of aromatic carboxylic acids is 1. The molecular weight excluding hydrogens is 270 g/mol. The van der Waals surface area contributed by atoms with E-state index in [1.807, 2.05) is 0 Å². The van der Waals surface area contributed by atoms with Gasteiger partial charge in [-0.25, -0.2) is 4.79 Å². The van der Waals surface area contributed by atoms with Gasteiger partial charge in [0.15, 0.2) is 17.2 Å². The van der Waals surface area contributed by atoms with E-state index < -0.39 is 29.4 Å². The number of rotatable bonds is 1. The van der Waals surface area contributed by atoms with Crippen molar-refractivity contribution in [3.05, 3.63) is 17.7 Å². The van der Waals surface area contributed by atoms with Gasteiger partial charge in [-0.15, -0.1) is 0 Å². The van der Waals surface area contributed by atoms with E-state index in [1.165, 1.54) is 0 Å². The molecule has 1 aromatic rings.